The van der Waals surface area contributed by atoms with Gasteiger partial charge in [-0.15, -0.1) is 0 Å². The van der Waals surface area contributed by atoms with E-state index in [1.54, 1.807) is 6.08 Å². The van der Waals surface area contributed by atoms with E-state index >= 15 is 0 Å². The first-order chi connectivity index (χ1) is 21.5. The maximum absolute atomic E-state index is 14.7. The molecule has 1 aromatic rings. The molecule has 0 radical (unpaired) electrons. The number of fused-ring (bicyclic) bond motifs is 2. The van der Waals surface area contributed by atoms with Gasteiger partial charge in [-0.1, -0.05) is 35.5 Å². The van der Waals surface area contributed by atoms with Crippen molar-refractivity contribution in [1.29, 1.82) is 0 Å². The first kappa shape index (κ1) is 32.0. The first-order valence-corrected chi connectivity index (χ1v) is 16.2. The molecule has 6 aliphatic rings. The molecule has 0 amide bonds. The van der Waals surface area contributed by atoms with E-state index in [9.17, 15) is 24.6 Å². The van der Waals surface area contributed by atoms with Crippen molar-refractivity contribution in [2.24, 2.45) is 11.8 Å². The van der Waals surface area contributed by atoms with Gasteiger partial charge in [0, 0.05) is 35.0 Å². The fourth-order valence-electron chi connectivity index (χ4n) is 8.17. The number of hydrogen-bond acceptors (Lipinski definition) is 7. The number of phenolic OH excluding ortho intramolecular Hbond substituents is 1. The topological polar surface area (TPSA) is 119 Å². The number of ketones is 2. The molecule has 7 rings (SSSR count). The second kappa shape index (κ2) is 10.6. The molecule has 1 spiro atoms. The van der Waals surface area contributed by atoms with Crippen LogP contribution in [-0.4, -0.2) is 50.2 Å². The Balaban J connectivity index is 1.59. The van der Waals surface area contributed by atoms with Crippen molar-refractivity contribution in [3.63, 3.8) is 0 Å². The molecule has 4 bridgehead atoms. The molecule has 8 nitrogen and oxygen atoms in total. The minimum Gasteiger partial charge on any atom is -0.506 e. The van der Waals surface area contributed by atoms with E-state index in [0.29, 0.717) is 41.7 Å². The number of phenols is 1. The summed E-state index contributed by atoms with van der Waals surface area (Å²) in [5.41, 5.74) is -0.952. The van der Waals surface area contributed by atoms with Crippen LogP contribution >= 0.6 is 0 Å². The minimum absolute atomic E-state index is 0.0544. The summed E-state index contributed by atoms with van der Waals surface area (Å²) in [6.07, 6.45) is 13.4. The lowest BCUT2D eigenvalue weighted by molar-refractivity contribution is -0.171. The Kier molecular flexibility index (Phi) is 7.36. The van der Waals surface area contributed by atoms with Crippen molar-refractivity contribution >= 4 is 23.6 Å². The number of carbonyl (C=O) groups is 3. The molecule has 2 fully saturated rings. The van der Waals surface area contributed by atoms with E-state index in [1.165, 1.54) is 18.6 Å². The number of aliphatic carboxylic acids is 1. The van der Waals surface area contributed by atoms with Gasteiger partial charge in [-0.3, -0.25) is 9.59 Å². The average Bonchev–Trinajstić information content (AvgIpc) is 3.12. The number of aromatic hydroxyl groups is 1. The van der Waals surface area contributed by atoms with E-state index in [-0.39, 0.29) is 40.8 Å². The zero-order valence-electron chi connectivity index (χ0n) is 28.0. The zero-order valence-corrected chi connectivity index (χ0v) is 28.0. The Morgan fingerprint density at radius 1 is 1.00 bits per heavy atom. The van der Waals surface area contributed by atoms with Crippen LogP contribution in [0.4, 0.5) is 0 Å². The molecular formula is C38H44O8. The molecule has 1 saturated carbocycles. The highest BCUT2D eigenvalue weighted by Gasteiger charge is 2.81. The number of ether oxygens (including phenoxy) is 3. The Hall–Kier alpha value is -3.91. The summed E-state index contributed by atoms with van der Waals surface area (Å²) in [5.74, 6) is -2.28. The number of carboxylic acid groups (broad SMARTS) is 1. The lowest BCUT2D eigenvalue weighted by atomic mass is 9.51. The van der Waals surface area contributed by atoms with Crippen LogP contribution in [0.2, 0.25) is 0 Å². The van der Waals surface area contributed by atoms with Crippen LogP contribution in [0.3, 0.4) is 0 Å². The quantitative estimate of drug-likeness (QED) is 0.228. The number of carbonyl (C=O) groups excluding carboxylic acids is 2. The molecule has 3 heterocycles. The molecular weight excluding hydrogens is 584 g/mol. The van der Waals surface area contributed by atoms with Crippen LogP contribution < -0.4 is 9.47 Å². The third-order valence-corrected chi connectivity index (χ3v) is 10.5. The van der Waals surface area contributed by atoms with E-state index in [4.69, 9.17) is 14.2 Å². The highest BCUT2D eigenvalue weighted by Crippen LogP contribution is 2.68. The lowest BCUT2D eigenvalue weighted by Gasteiger charge is -2.56. The molecule has 46 heavy (non-hydrogen) atoms. The molecule has 1 unspecified atom stereocenters. The van der Waals surface area contributed by atoms with E-state index < -0.39 is 40.1 Å². The highest BCUT2D eigenvalue weighted by atomic mass is 16.6. The predicted molar refractivity (Wildman–Crippen MR) is 174 cm³/mol. The van der Waals surface area contributed by atoms with Crippen molar-refractivity contribution in [1.82, 2.24) is 0 Å². The van der Waals surface area contributed by atoms with Crippen LogP contribution in [0.5, 0.6) is 17.2 Å². The molecule has 1 saturated heterocycles. The lowest BCUT2D eigenvalue weighted by Crippen LogP contribution is -2.72. The van der Waals surface area contributed by atoms with Gasteiger partial charge in [-0.25, -0.2) is 4.79 Å². The zero-order chi connectivity index (χ0) is 33.6. The summed E-state index contributed by atoms with van der Waals surface area (Å²) >= 11 is 0. The fraction of sp³-hybridized carbons (Fsp3) is 0.500. The molecule has 8 heteroatoms. The number of allylic oxidation sites excluding steroid dienone is 5. The van der Waals surface area contributed by atoms with E-state index in [0.717, 1.165) is 12.0 Å². The van der Waals surface area contributed by atoms with Gasteiger partial charge in [0.25, 0.3) is 0 Å². The first-order valence-electron chi connectivity index (χ1n) is 16.2. The van der Waals surface area contributed by atoms with Crippen LogP contribution in [0, 0.1) is 11.8 Å². The molecule has 0 aromatic heterocycles. The number of Topliss-reactive ketones (excluding diaryl/α,β-unsaturated/α-hetero) is 2. The molecule has 5 atom stereocenters. The molecule has 2 N–H and O–H groups in total. The summed E-state index contributed by atoms with van der Waals surface area (Å²) < 4.78 is 20.6. The molecule has 244 valence electrons. The van der Waals surface area contributed by atoms with Crippen LogP contribution in [-0.2, 0) is 20.7 Å². The van der Waals surface area contributed by atoms with Gasteiger partial charge < -0.3 is 24.4 Å². The Bertz CT molecular complexity index is 1730. The minimum atomic E-state index is -1.63. The van der Waals surface area contributed by atoms with Crippen molar-refractivity contribution in [3.05, 3.63) is 69.4 Å². The predicted octanol–water partition coefficient (Wildman–Crippen LogP) is 7.24. The Labute approximate surface area is 270 Å². The average molecular weight is 629 g/mol. The van der Waals surface area contributed by atoms with Crippen LogP contribution in [0.15, 0.2) is 52.7 Å². The second-order valence-electron chi connectivity index (χ2n) is 14.8. The highest BCUT2D eigenvalue weighted by molar-refractivity contribution is 6.19. The molecule has 3 aliphatic heterocycles. The van der Waals surface area contributed by atoms with Crippen molar-refractivity contribution in [2.75, 3.05) is 0 Å². The van der Waals surface area contributed by atoms with Crippen molar-refractivity contribution in [2.45, 2.75) is 110 Å². The summed E-state index contributed by atoms with van der Waals surface area (Å²) in [7, 11) is 0. The maximum Gasteiger partial charge on any atom is 0.330 e. The van der Waals surface area contributed by atoms with Gasteiger partial charge in [0.1, 0.15) is 28.4 Å². The van der Waals surface area contributed by atoms with Gasteiger partial charge >= 0.3 is 5.97 Å². The van der Waals surface area contributed by atoms with Gasteiger partial charge in [0.2, 0.25) is 0 Å². The maximum atomic E-state index is 14.7. The van der Waals surface area contributed by atoms with Gasteiger partial charge in [0.15, 0.2) is 22.8 Å². The third kappa shape index (κ3) is 4.47. The van der Waals surface area contributed by atoms with Crippen molar-refractivity contribution in [3.8, 4) is 17.2 Å². The van der Waals surface area contributed by atoms with Gasteiger partial charge in [-0.2, -0.15) is 0 Å². The monoisotopic (exact) mass is 628 g/mol. The van der Waals surface area contributed by atoms with Gasteiger partial charge in [0.05, 0.1) is 11.2 Å². The largest absolute Gasteiger partial charge is 0.506 e. The normalized spacial score (nSPS) is 31.2. The standard InChI is InChI=1S/C38H44O8/c1-20(2)10-9-15-36(8)16-14-24-29(39)28-30(40)26-18-23-19-27-35(6,7)46-37(33(23)41,17-13-22(5)34(42)43)38(26,27)45-32(28)25(31(24)44-36)12-11-21(3)4/h10-11,13-14,16,18,23,27,39H,9,12,15,17,19H2,1-8H3,(H,42,43)/t23-,27?,36+,37-,38+/m0/s1. The summed E-state index contributed by atoms with van der Waals surface area (Å²) in [6.45, 7) is 15.4. The van der Waals surface area contributed by atoms with Crippen LogP contribution in [0.1, 0.15) is 103 Å². The van der Waals surface area contributed by atoms with Crippen LogP contribution in [0.25, 0.3) is 6.08 Å². The fourth-order valence-corrected chi connectivity index (χ4v) is 8.17. The number of rotatable bonds is 8. The number of carboxylic acids is 1. The molecule has 1 aromatic carbocycles. The summed E-state index contributed by atoms with van der Waals surface area (Å²) in [4.78, 5) is 40.8. The van der Waals surface area contributed by atoms with Crippen molar-refractivity contribution < 1.29 is 38.8 Å². The Morgan fingerprint density at radius 2 is 1.70 bits per heavy atom. The molecule has 3 aliphatic carbocycles. The van der Waals surface area contributed by atoms with E-state index in [1.807, 2.05) is 52.8 Å². The van der Waals surface area contributed by atoms with Gasteiger partial charge in [-0.05, 0) is 93.2 Å². The number of hydrogen-bond donors (Lipinski definition) is 2. The third-order valence-electron chi connectivity index (χ3n) is 10.5. The smallest absolute Gasteiger partial charge is 0.330 e. The number of benzene rings is 1. The second-order valence-corrected chi connectivity index (χ2v) is 14.8. The Morgan fingerprint density at radius 3 is 2.35 bits per heavy atom. The SMILES string of the molecule is CC(C)=CCC[C@]1(C)C=Cc2c(O)c3c(c(CC=C(C)C)c2O1)O[C@]12C(=C[C@H]4CC1C(C)(C)O[C@@]2(CC=C(C)C(=O)O)C4=O)C3=O. The summed E-state index contributed by atoms with van der Waals surface area (Å²) in [5, 5.41) is 21.4. The van der Waals surface area contributed by atoms with E-state index in [2.05, 4.69) is 19.9 Å². The summed E-state index contributed by atoms with van der Waals surface area (Å²) in [6, 6.07) is 0.